The third-order valence-corrected chi connectivity index (χ3v) is 7.49. The van der Waals surface area contributed by atoms with Crippen LogP contribution in [0, 0.1) is 6.92 Å². The smallest absolute Gasteiger partial charge is 0.252 e. The van der Waals surface area contributed by atoms with Crippen LogP contribution in [0.15, 0.2) is 28.5 Å². The average molecular weight is 343 g/mol. The van der Waals surface area contributed by atoms with Crippen molar-refractivity contribution in [2.75, 3.05) is 12.3 Å². The Labute approximate surface area is 133 Å². The lowest BCUT2D eigenvalue weighted by Gasteiger charge is -2.27. The van der Waals surface area contributed by atoms with Crippen molar-refractivity contribution < 1.29 is 8.42 Å². The summed E-state index contributed by atoms with van der Waals surface area (Å²) < 4.78 is 27.7. The Kier molecular flexibility index (Phi) is 3.73. The normalized spacial score (nSPS) is 15.9. The number of thiophene rings is 1. The van der Waals surface area contributed by atoms with Crippen LogP contribution < -0.4 is 5.73 Å². The predicted octanol–water partition coefficient (Wildman–Crippen LogP) is 3.04. The van der Waals surface area contributed by atoms with Gasteiger partial charge >= 0.3 is 0 Å². The molecule has 0 saturated carbocycles. The zero-order valence-electron chi connectivity index (χ0n) is 11.5. The first-order valence-corrected chi connectivity index (χ1v) is 9.15. The highest BCUT2D eigenvalue weighted by molar-refractivity contribution is 7.91. The molecule has 3 rings (SSSR count). The van der Waals surface area contributed by atoms with E-state index < -0.39 is 10.0 Å². The summed E-state index contributed by atoms with van der Waals surface area (Å²) in [7, 11) is -3.49. The fraction of sp³-hybridized carbons (Fsp3) is 0.286. The summed E-state index contributed by atoms with van der Waals surface area (Å²) in [6, 6.07) is 7.31. The van der Waals surface area contributed by atoms with Gasteiger partial charge in [-0.2, -0.15) is 4.31 Å². The first kappa shape index (κ1) is 14.8. The van der Waals surface area contributed by atoms with Crippen molar-refractivity contribution in [2.24, 2.45) is 0 Å². The molecular formula is C14H15ClN2O2S2. The molecular weight excluding hydrogens is 328 g/mol. The van der Waals surface area contributed by atoms with Crippen LogP contribution in [0.5, 0.6) is 0 Å². The Bertz CT molecular complexity index is 780. The highest BCUT2D eigenvalue weighted by Crippen LogP contribution is 2.34. The molecule has 4 nitrogen and oxygen atoms in total. The number of rotatable bonds is 2. The van der Waals surface area contributed by atoms with E-state index in [4.69, 9.17) is 17.3 Å². The minimum absolute atomic E-state index is 0.303. The number of hydrogen-bond acceptors (Lipinski definition) is 4. The van der Waals surface area contributed by atoms with Gasteiger partial charge in [-0.3, -0.25) is 0 Å². The lowest BCUT2D eigenvalue weighted by molar-refractivity contribution is 0.392. The zero-order chi connectivity index (χ0) is 15.2. The van der Waals surface area contributed by atoms with Crippen LogP contribution in [0.1, 0.15) is 16.7 Å². The van der Waals surface area contributed by atoms with Crippen LogP contribution in [0.3, 0.4) is 0 Å². The molecule has 1 aliphatic rings. The van der Waals surface area contributed by atoms with Crippen LogP contribution in [-0.4, -0.2) is 19.3 Å². The van der Waals surface area contributed by atoms with E-state index in [1.54, 1.807) is 6.07 Å². The fourth-order valence-corrected chi connectivity index (χ4v) is 5.72. The molecule has 0 bridgehead atoms. The molecule has 21 heavy (non-hydrogen) atoms. The Morgan fingerprint density at radius 1 is 1.29 bits per heavy atom. The average Bonchev–Trinajstić information content (AvgIpc) is 2.78. The monoisotopic (exact) mass is 342 g/mol. The third kappa shape index (κ3) is 2.68. The number of benzene rings is 1. The quantitative estimate of drug-likeness (QED) is 0.853. The van der Waals surface area contributed by atoms with Gasteiger partial charge in [-0.1, -0.05) is 17.7 Å². The number of anilines is 1. The number of nitrogens with zero attached hydrogens (tertiary/aromatic N) is 1. The standard InChI is InChI=1S/C14H15ClN2O2S2/c1-9-6-13(20-14(9)15)21(18,19)17-5-4-10-2-3-12(16)7-11(10)8-17/h2-3,6-7H,4-5,8,16H2,1H3. The van der Waals surface area contributed by atoms with Crippen LogP contribution in [-0.2, 0) is 23.0 Å². The predicted molar refractivity (Wildman–Crippen MR) is 86.2 cm³/mol. The second-order valence-corrected chi connectivity index (χ2v) is 8.96. The number of nitrogen functional groups attached to an aromatic ring is 1. The summed E-state index contributed by atoms with van der Waals surface area (Å²) in [6.45, 7) is 2.65. The molecule has 0 atom stereocenters. The van der Waals surface area contributed by atoms with E-state index >= 15 is 0 Å². The van der Waals surface area contributed by atoms with Crippen LogP contribution in [0.25, 0.3) is 0 Å². The fourth-order valence-electron chi connectivity index (χ4n) is 2.44. The molecule has 2 aromatic rings. The zero-order valence-corrected chi connectivity index (χ0v) is 13.9. The molecule has 7 heteroatoms. The lowest BCUT2D eigenvalue weighted by atomic mass is 10.0. The van der Waals surface area contributed by atoms with Gasteiger partial charge < -0.3 is 5.73 Å². The van der Waals surface area contributed by atoms with Crippen molar-refractivity contribution in [2.45, 2.75) is 24.1 Å². The number of fused-ring (bicyclic) bond motifs is 1. The summed E-state index contributed by atoms with van der Waals surface area (Å²) in [4.78, 5) is 0. The van der Waals surface area contributed by atoms with E-state index in [0.717, 1.165) is 28.0 Å². The molecule has 0 saturated heterocycles. The second-order valence-electron chi connectivity index (χ2n) is 5.14. The molecule has 0 radical (unpaired) electrons. The van der Waals surface area contributed by atoms with Gasteiger partial charge in [0, 0.05) is 18.8 Å². The first-order valence-electron chi connectivity index (χ1n) is 6.51. The molecule has 2 N–H and O–H groups in total. The highest BCUT2D eigenvalue weighted by Gasteiger charge is 2.30. The van der Waals surface area contributed by atoms with E-state index in [-0.39, 0.29) is 0 Å². The van der Waals surface area contributed by atoms with E-state index in [0.29, 0.717) is 33.7 Å². The molecule has 0 amide bonds. The van der Waals surface area contributed by atoms with Crippen molar-refractivity contribution in [1.82, 2.24) is 4.31 Å². The topological polar surface area (TPSA) is 63.4 Å². The van der Waals surface area contributed by atoms with Gasteiger partial charge in [0.05, 0.1) is 4.34 Å². The maximum absolute atomic E-state index is 12.7. The van der Waals surface area contributed by atoms with Crippen molar-refractivity contribution in [1.29, 1.82) is 0 Å². The summed E-state index contributed by atoms with van der Waals surface area (Å²) in [6.07, 6.45) is 0.701. The number of aryl methyl sites for hydroxylation is 1. The summed E-state index contributed by atoms with van der Waals surface area (Å²) in [5, 5.41) is 0. The van der Waals surface area contributed by atoms with Gasteiger partial charge in [0.2, 0.25) is 0 Å². The summed E-state index contributed by atoms with van der Waals surface area (Å²) in [5.74, 6) is 0. The van der Waals surface area contributed by atoms with Crippen molar-refractivity contribution in [3.63, 3.8) is 0 Å². The first-order chi connectivity index (χ1) is 9.88. The van der Waals surface area contributed by atoms with E-state index in [9.17, 15) is 8.42 Å². The number of hydrogen-bond donors (Lipinski definition) is 1. The van der Waals surface area contributed by atoms with Gasteiger partial charge in [0.15, 0.2) is 0 Å². The Morgan fingerprint density at radius 2 is 2.05 bits per heavy atom. The highest BCUT2D eigenvalue weighted by atomic mass is 35.5. The van der Waals surface area contributed by atoms with Crippen LogP contribution in [0.4, 0.5) is 5.69 Å². The Balaban J connectivity index is 1.94. The van der Waals surface area contributed by atoms with Crippen molar-refractivity contribution in [3.05, 3.63) is 45.3 Å². The molecule has 0 spiro atoms. The lowest BCUT2D eigenvalue weighted by Crippen LogP contribution is -2.35. The molecule has 1 aromatic heterocycles. The Hall–Kier alpha value is -1.08. The van der Waals surface area contributed by atoms with Gasteiger partial charge in [0.1, 0.15) is 4.21 Å². The minimum Gasteiger partial charge on any atom is -0.399 e. The minimum atomic E-state index is -3.49. The second kappa shape index (κ2) is 5.28. The maximum atomic E-state index is 12.7. The number of halogens is 1. The molecule has 0 aliphatic carbocycles. The summed E-state index contributed by atoms with van der Waals surface area (Å²) >= 11 is 7.11. The molecule has 0 unspecified atom stereocenters. The number of sulfonamides is 1. The van der Waals surface area contributed by atoms with Gasteiger partial charge in [0.25, 0.3) is 10.0 Å². The van der Waals surface area contributed by atoms with Gasteiger partial charge in [-0.05, 0) is 48.2 Å². The molecule has 2 heterocycles. The molecule has 1 aliphatic heterocycles. The third-order valence-electron chi connectivity index (χ3n) is 3.64. The molecule has 1 aromatic carbocycles. The van der Waals surface area contributed by atoms with Crippen molar-refractivity contribution in [3.8, 4) is 0 Å². The van der Waals surface area contributed by atoms with Gasteiger partial charge in [-0.25, -0.2) is 8.42 Å². The molecule has 0 fully saturated rings. The largest absolute Gasteiger partial charge is 0.399 e. The van der Waals surface area contributed by atoms with E-state index in [1.165, 1.54) is 4.31 Å². The van der Waals surface area contributed by atoms with E-state index in [2.05, 4.69) is 0 Å². The SMILES string of the molecule is Cc1cc(S(=O)(=O)N2CCc3ccc(N)cc3C2)sc1Cl. The number of nitrogens with two attached hydrogens (primary N) is 1. The van der Waals surface area contributed by atoms with Crippen molar-refractivity contribution >= 4 is 38.6 Å². The molecule has 112 valence electrons. The van der Waals surface area contributed by atoms with Gasteiger partial charge in [-0.15, -0.1) is 11.3 Å². The van der Waals surface area contributed by atoms with E-state index in [1.807, 2.05) is 25.1 Å². The maximum Gasteiger partial charge on any atom is 0.252 e. The van der Waals surface area contributed by atoms with Crippen LogP contribution in [0.2, 0.25) is 4.34 Å². The Morgan fingerprint density at radius 3 is 2.71 bits per heavy atom. The van der Waals surface area contributed by atoms with Crippen LogP contribution >= 0.6 is 22.9 Å². The summed E-state index contributed by atoms with van der Waals surface area (Å²) in [5.41, 5.74) is 9.38.